The minimum atomic E-state index is 0.0308. The van der Waals surface area contributed by atoms with Gasteiger partial charge in [-0.1, -0.05) is 6.92 Å². The molecular weight excluding hydrogens is 242 g/mol. The Morgan fingerprint density at radius 1 is 1.47 bits per heavy atom. The van der Waals surface area contributed by atoms with Crippen LogP contribution in [-0.4, -0.2) is 27.8 Å². The number of nitrogens with zero attached hydrogens (tertiary/aromatic N) is 2. The molecule has 3 rings (SSSR count). The van der Waals surface area contributed by atoms with Crippen LogP contribution in [0.15, 0.2) is 10.9 Å². The molecular formula is C14H19N3O2. The van der Waals surface area contributed by atoms with Crippen LogP contribution in [0, 0.1) is 6.92 Å². The van der Waals surface area contributed by atoms with Crippen LogP contribution < -0.4 is 5.56 Å². The number of aromatic nitrogens is 3. The molecule has 0 amide bonds. The maximum Gasteiger partial charge on any atom is 0.274 e. The molecule has 2 aromatic heterocycles. The monoisotopic (exact) mass is 261 g/mol. The molecule has 0 aromatic carbocycles. The topological polar surface area (TPSA) is 59.4 Å². The van der Waals surface area contributed by atoms with Gasteiger partial charge in [-0.3, -0.25) is 9.89 Å². The maximum absolute atomic E-state index is 12.3. The molecule has 5 heteroatoms. The summed E-state index contributed by atoms with van der Waals surface area (Å²) in [6.07, 6.45) is 2.68. The molecule has 1 N–H and O–H groups in total. The van der Waals surface area contributed by atoms with Crippen LogP contribution in [0.1, 0.15) is 42.6 Å². The zero-order valence-electron chi connectivity index (χ0n) is 11.4. The first kappa shape index (κ1) is 12.4. The number of rotatable bonds is 2. The van der Waals surface area contributed by atoms with Crippen molar-refractivity contribution < 1.29 is 4.74 Å². The smallest absolute Gasteiger partial charge is 0.274 e. The van der Waals surface area contributed by atoms with E-state index in [4.69, 9.17) is 4.74 Å². The summed E-state index contributed by atoms with van der Waals surface area (Å²) in [6, 6.07) is 1.99. The van der Waals surface area contributed by atoms with Crippen molar-refractivity contribution in [3.8, 4) is 0 Å². The summed E-state index contributed by atoms with van der Waals surface area (Å²) in [7, 11) is 0. The first-order valence-electron chi connectivity index (χ1n) is 6.89. The molecule has 1 aliphatic heterocycles. The highest BCUT2D eigenvalue weighted by Gasteiger charge is 2.20. The Morgan fingerprint density at radius 3 is 2.89 bits per heavy atom. The van der Waals surface area contributed by atoms with Crippen molar-refractivity contribution in [2.75, 3.05) is 13.2 Å². The lowest BCUT2D eigenvalue weighted by Crippen LogP contribution is -2.20. The summed E-state index contributed by atoms with van der Waals surface area (Å²) in [5.74, 6) is 1.28. The number of pyridine rings is 1. The molecule has 0 radical (unpaired) electrons. The van der Waals surface area contributed by atoms with Gasteiger partial charge >= 0.3 is 0 Å². The van der Waals surface area contributed by atoms with Gasteiger partial charge in [0.25, 0.3) is 5.56 Å². The van der Waals surface area contributed by atoms with Crippen LogP contribution in [0.2, 0.25) is 0 Å². The SMILES string of the molecule is CCc1c(C)cc2nc(C3CCOCC3)[nH]n2c1=O. The third-order valence-electron chi connectivity index (χ3n) is 3.93. The molecule has 0 aliphatic carbocycles. The molecule has 2 aromatic rings. The third kappa shape index (κ3) is 2.08. The Balaban J connectivity index is 2.10. The van der Waals surface area contributed by atoms with Gasteiger partial charge in [0.05, 0.1) is 0 Å². The zero-order valence-corrected chi connectivity index (χ0v) is 11.4. The second-order valence-electron chi connectivity index (χ2n) is 5.15. The van der Waals surface area contributed by atoms with Crippen LogP contribution in [0.5, 0.6) is 0 Å². The predicted molar refractivity (Wildman–Crippen MR) is 72.7 cm³/mol. The standard InChI is InChI=1S/C14H19N3O2/c1-3-11-9(2)8-12-15-13(16-17(12)14(11)18)10-4-6-19-7-5-10/h8,10H,3-7H2,1-2H3,(H,15,16). The highest BCUT2D eigenvalue weighted by molar-refractivity contribution is 5.43. The molecule has 3 heterocycles. The van der Waals surface area contributed by atoms with Gasteiger partial charge < -0.3 is 4.74 Å². The number of aromatic amines is 1. The molecule has 0 spiro atoms. The summed E-state index contributed by atoms with van der Waals surface area (Å²) in [4.78, 5) is 16.9. The van der Waals surface area contributed by atoms with E-state index in [1.165, 1.54) is 0 Å². The minimum Gasteiger partial charge on any atom is -0.381 e. The van der Waals surface area contributed by atoms with Gasteiger partial charge in [-0.2, -0.15) is 4.52 Å². The zero-order chi connectivity index (χ0) is 13.4. The number of nitrogens with one attached hydrogen (secondary N) is 1. The van der Waals surface area contributed by atoms with Crippen LogP contribution in [-0.2, 0) is 11.2 Å². The Labute approximate surface area is 111 Å². The lowest BCUT2D eigenvalue weighted by Gasteiger charge is -2.19. The fraction of sp³-hybridized carbons (Fsp3) is 0.571. The van der Waals surface area contributed by atoms with Gasteiger partial charge in [0.1, 0.15) is 5.82 Å². The largest absolute Gasteiger partial charge is 0.381 e. The van der Waals surface area contributed by atoms with E-state index >= 15 is 0 Å². The van der Waals surface area contributed by atoms with Gasteiger partial charge in [0.15, 0.2) is 5.65 Å². The fourth-order valence-corrected chi connectivity index (χ4v) is 2.79. The van der Waals surface area contributed by atoms with Crippen LogP contribution in [0.3, 0.4) is 0 Å². The molecule has 0 bridgehead atoms. The van der Waals surface area contributed by atoms with E-state index in [0.717, 1.165) is 55.1 Å². The van der Waals surface area contributed by atoms with Gasteiger partial charge in [0, 0.05) is 24.7 Å². The Morgan fingerprint density at radius 2 is 2.21 bits per heavy atom. The van der Waals surface area contributed by atoms with E-state index in [2.05, 4.69) is 10.1 Å². The summed E-state index contributed by atoms with van der Waals surface area (Å²) < 4.78 is 6.94. The summed E-state index contributed by atoms with van der Waals surface area (Å²) in [5.41, 5.74) is 2.64. The second kappa shape index (κ2) is 4.81. The number of hydrogen-bond acceptors (Lipinski definition) is 3. The minimum absolute atomic E-state index is 0.0308. The van der Waals surface area contributed by atoms with Crippen molar-refractivity contribution in [2.45, 2.75) is 39.0 Å². The average molecular weight is 261 g/mol. The van der Waals surface area contributed by atoms with E-state index in [1.807, 2.05) is 19.9 Å². The molecule has 5 nitrogen and oxygen atoms in total. The lowest BCUT2D eigenvalue weighted by atomic mass is 10.00. The van der Waals surface area contributed by atoms with Crippen molar-refractivity contribution in [1.29, 1.82) is 0 Å². The molecule has 1 fully saturated rings. The first-order chi connectivity index (χ1) is 9.20. The fourth-order valence-electron chi connectivity index (χ4n) is 2.79. The Kier molecular flexibility index (Phi) is 3.14. The van der Waals surface area contributed by atoms with Crippen LogP contribution in [0.4, 0.5) is 0 Å². The predicted octanol–water partition coefficient (Wildman–Crippen LogP) is 1.79. The van der Waals surface area contributed by atoms with Crippen LogP contribution in [0.25, 0.3) is 5.65 Å². The number of H-pyrrole nitrogens is 1. The first-order valence-corrected chi connectivity index (χ1v) is 6.89. The van der Waals surface area contributed by atoms with Crippen LogP contribution >= 0.6 is 0 Å². The summed E-state index contributed by atoms with van der Waals surface area (Å²) >= 11 is 0. The number of aryl methyl sites for hydroxylation is 1. The van der Waals surface area contributed by atoms with Crippen molar-refractivity contribution >= 4 is 5.65 Å². The number of hydrogen-bond donors (Lipinski definition) is 1. The van der Waals surface area contributed by atoms with Crippen molar-refractivity contribution in [2.24, 2.45) is 0 Å². The average Bonchev–Trinajstić information content (AvgIpc) is 2.84. The molecule has 1 saturated heterocycles. The van der Waals surface area contributed by atoms with E-state index in [9.17, 15) is 4.79 Å². The van der Waals surface area contributed by atoms with E-state index in [1.54, 1.807) is 4.52 Å². The highest BCUT2D eigenvalue weighted by Crippen LogP contribution is 2.24. The lowest BCUT2D eigenvalue weighted by molar-refractivity contribution is 0.0836. The van der Waals surface area contributed by atoms with E-state index < -0.39 is 0 Å². The van der Waals surface area contributed by atoms with Crippen molar-refractivity contribution in [3.63, 3.8) is 0 Å². The normalized spacial score (nSPS) is 17.2. The Bertz CT molecular complexity index is 650. The molecule has 0 atom stereocenters. The van der Waals surface area contributed by atoms with E-state index in [0.29, 0.717) is 5.92 Å². The second-order valence-corrected chi connectivity index (χ2v) is 5.15. The summed E-state index contributed by atoms with van der Waals surface area (Å²) in [6.45, 7) is 5.53. The quantitative estimate of drug-likeness (QED) is 0.896. The molecule has 19 heavy (non-hydrogen) atoms. The molecule has 0 unspecified atom stereocenters. The Hall–Kier alpha value is -1.62. The van der Waals surface area contributed by atoms with E-state index in [-0.39, 0.29) is 5.56 Å². The maximum atomic E-state index is 12.3. The highest BCUT2D eigenvalue weighted by atomic mass is 16.5. The number of ether oxygens (including phenoxy) is 1. The van der Waals surface area contributed by atoms with Gasteiger partial charge in [-0.05, 0) is 37.8 Å². The molecule has 102 valence electrons. The molecule has 1 aliphatic rings. The van der Waals surface area contributed by atoms with Crippen molar-refractivity contribution in [1.82, 2.24) is 14.6 Å². The molecule has 0 saturated carbocycles. The van der Waals surface area contributed by atoms with Gasteiger partial charge in [-0.15, -0.1) is 0 Å². The number of fused-ring (bicyclic) bond motifs is 1. The summed E-state index contributed by atoms with van der Waals surface area (Å²) in [5, 5.41) is 3.17. The van der Waals surface area contributed by atoms with Gasteiger partial charge in [-0.25, -0.2) is 4.98 Å². The van der Waals surface area contributed by atoms with Crippen molar-refractivity contribution in [3.05, 3.63) is 33.4 Å². The third-order valence-corrected chi connectivity index (χ3v) is 3.93. The van der Waals surface area contributed by atoms with Gasteiger partial charge in [0.2, 0.25) is 0 Å².